The molecule has 178 valence electrons. The molecule has 1 fully saturated rings. The molecule has 0 spiro atoms. The number of piperidine rings is 1. The number of halogens is 1. The number of thiazole rings is 1. The van der Waals surface area contributed by atoms with Crippen LogP contribution in [0.3, 0.4) is 0 Å². The number of anilines is 1. The molecule has 3 aromatic heterocycles. The van der Waals surface area contributed by atoms with Crippen LogP contribution in [0, 0.1) is 0 Å². The average molecular weight is 563 g/mol. The van der Waals surface area contributed by atoms with Crippen molar-refractivity contribution < 1.29 is 13.9 Å². The van der Waals surface area contributed by atoms with Gasteiger partial charge in [0.2, 0.25) is 5.88 Å². The number of rotatable bonds is 5. The van der Waals surface area contributed by atoms with Crippen LogP contribution in [-0.4, -0.2) is 30.2 Å². The number of aromatic nitrogens is 1. The number of carbonyl (C=O) groups excluding carboxylic acids is 1. The molecule has 1 saturated heterocycles. The van der Waals surface area contributed by atoms with Crippen molar-refractivity contribution in [2.24, 2.45) is 4.99 Å². The van der Waals surface area contributed by atoms with Gasteiger partial charge in [0, 0.05) is 30.1 Å². The third-order valence-corrected chi connectivity index (χ3v) is 8.41. The Labute approximate surface area is 212 Å². The highest BCUT2D eigenvalue weighted by molar-refractivity contribution is 9.10. The second-order valence-corrected chi connectivity index (χ2v) is 11.0. The number of thiophene rings is 1. The molecule has 0 radical (unpaired) electrons. The van der Waals surface area contributed by atoms with E-state index in [1.165, 1.54) is 29.1 Å². The van der Waals surface area contributed by atoms with Crippen LogP contribution in [-0.2, 0) is 9.53 Å². The molecule has 0 aliphatic carbocycles. The Hall–Kier alpha value is -2.43. The first kappa shape index (κ1) is 23.3. The Bertz CT molecular complexity index is 1430. The first-order valence-electron chi connectivity index (χ1n) is 11.2. The molecule has 7 nitrogen and oxygen atoms in total. The molecule has 0 unspecified atom stereocenters. The second kappa shape index (κ2) is 9.67. The largest absolute Gasteiger partial charge is 0.463 e. The van der Waals surface area contributed by atoms with E-state index in [-0.39, 0.29) is 12.2 Å². The Morgan fingerprint density at radius 3 is 2.85 bits per heavy atom. The monoisotopic (exact) mass is 561 g/mol. The van der Waals surface area contributed by atoms with Gasteiger partial charge in [-0.3, -0.25) is 9.36 Å². The molecule has 5 rings (SSSR count). The molecule has 0 aromatic carbocycles. The van der Waals surface area contributed by atoms with Crippen molar-refractivity contribution in [3.8, 4) is 0 Å². The summed E-state index contributed by atoms with van der Waals surface area (Å²) < 4.78 is 14.4. The lowest BCUT2D eigenvalue weighted by Gasteiger charge is -2.26. The number of carbonyl (C=O) groups is 1. The van der Waals surface area contributed by atoms with Crippen LogP contribution in [0.25, 0.3) is 6.08 Å². The fourth-order valence-corrected chi connectivity index (χ4v) is 6.80. The number of esters is 1. The molecule has 0 amide bonds. The maximum Gasteiger partial charge on any atom is 0.338 e. The van der Waals surface area contributed by atoms with E-state index in [1.807, 2.05) is 23.6 Å². The fraction of sp³-hybridized carbons (Fsp3) is 0.375. The van der Waals surface area contributed by atoms with Crippen LogP contribution in [0.15, 0.2) is 53.5 Å². The summed E-state index contributed by atoms with van der Waals surface area (Å²) in [7, 11) is 0. The number of allylic oxidation sites excluding steroid dienone is 1. The van der Waals surface area contributed by atoms with Crippen LogP contribution in [0.2, 0.25) is 0 Å². The smallest absolute Gasteiger partial charge is 0.338 e. The minimum Gasteiger partial charge on any atom is -0.463 e. The molecule has 0 N–H and O–H groups in total. The molecule has 2 aliphatic rings. The van der Waals surface area contributed by atoms with Gasteiger partial charge in [-0.05, 0) is 60.5 Å². The summed E-state index contributed by atoms with van der Waals surface area (Å²) in [5.41, 5.74) is 0.762. The second-order valence-electron chi connectivity index (χ2n) is 8.17. The van der Waals surface area contributed by atoms with E-state index in [9.17, 15) is 9.59 Å². The Kier molecular flexibility index (Phi) is 6.63. The summed E-state index contributed by atoms with van der Waals surface area (Å²) in [6.07, 6.45) is 5.29. The molecular formula is C24H24BrN3O4S2. The zero-order valence-electron chi connectivity index (χ0n) is 18.9. The summed E-state index contributed by atoms with van der Waals surface area (Å²) in [6.45, 7) is 5.74. The van der Waals surface area contributed by atoms with Crippen molar-refractivity contribution in [1.29, 1.82) is 0 Å². The molecule has 10 heteroatoms. The van der Waals surface area contributed by atoms with Crippen LogP contribution < -0.4 is 19.8 Å². The summed E-state index contributed by atoms with van der Waals surface area (Å²) in [5.74, 6) is 0.958. The molecule has 5 heterocycles. The van der Waals surface area contributed by atoms with Crippen LogP contribution in [0.1, 0.15) is 49.8 Å². The van der Waals surface area contributed by atoms with Gasteiger partial charge in [0.25, 0.3) is 5.56 Å². The Morgan fingerprint density at radius 1 is 1.35 bits per heavy atom. The molecule has 1 atom stereocenters. The summed E-state index contributed by atoms with van der Waals surface area (Å²) in [6, 6.07) is 5.17. The van der Waals surface area contributed by atoms with E-state index in [0.717, 1.165) is 41.2 Å². The highest BCUT2D eigenvalue weighted by atomic mass is 79.9. The fourth-order valence-electron chi connectivity index (χ4n) is 4.40. The zero-order chi connectivity index (χ0) is 23.8. The first-order valence-corrected chi connectivity index (χ1v) is 13.7. The lowest BCUT2D eigenvalue weighted by atomic mass is 10.0. The maximum absolute atomic E-state index is 13.6. The van der Waals surface area contributed by atoms with Crippen LogP contribution >= 0.6 is 38.6 Å². The molecule has 2 aliphatic heterocycles. The summed E-state index contributed by atoms with van der Waals surface area (Å²) in [4.78, 5) is 34.7. The highest BCUT2D eigenvalue weighted by Gasteiger charge is 2.34. The van der Waals surface area contributed by atoms with Gasteiger partial charge in [-0.15, -0.1) is 11.3 Å². The zero-order valence-corrected chi connectivity index (χ0v) is 22.1. The predicted octanol–water partition coefficient (Wildman–Crippen LogP) is 4.21. The van der Waals surface area contributed by atoms with Crippen molar-refractivity contribution in [2.45, 2.75) is 39.2 Å². The van der Waals surface area contributed by atoms with Gasteiger partial charge in [-0.2, -0.15) is 0 Å². The van der Waals surface area contributed by atoms with Crippen molar-refractivity contribution in [1.82, 2.24) is 4.57 Å². The predicted molar refractivity (Wildman–Crippen MR) is 137 cm³/mol. The average Bonchev–Trinajstić information content (AvgIpc) is 3.54. The van der Waals surface area contributed by atoms with E-state index in [1.54, 1.807) is 24.5 Å². The van der Waals surface area contributed by atoms with E-state index >= 15 is 0 Å². The van der Waals surface area contributed by atoms with Gasteiger partial charge in [0.1, 0.15) is 11.8 Å². The van der Waals surface area contributed by atoms with Gasteiger partial charge in [0.05, 0.1) is 26.9 Å². The van der Waals surface area contributed by atoms with Gasteiger partial charge in [-0.1, -0.05) is 17.4 Å². The number of fused-ring (bicyclic) bond motifs is 1. The molecule has 0 saturated carbocycles. The van der Waals surface area contributed by atoms with Crippen molar-refractivity contribution in [2.75, 3.05) is 24.6 Å². The summed E-state index contributed by atoms with van der Waals surface area (Å²) in [5, 5.41) is 1.94. The van der Waals surface area contributed by atoms with E-state index in [2.05, 4.69) is 25.8 Å². The number of nitrogens with zero attached hydrogens (tertiary/aromatic N) is 3. The quantitative estimate of drug-likeness (QED) is 0.436. The summed E-state index contributed by atoms with van der Waals surface area (Å²) >= 11 is 6.41. The minimum atomic E-state index is -0.565. The van der Waals surface area contributed by atoms with Crippen LogP contribution in [0.4, 0.5) is 5.88 Å². The molecule has 3 aromatic rings. The van der Waals surface area contributed by atoms with Crippen LogP contribution in [0.5, 0.6) is 0 Å². The molecular weight excluding hydrogens is 538 g/mol. The first-order chi connectivity index (χ1) is 16.5. The third kappa shape index (κ3) is 4.23. The maximum atomic E-state index is 13.6. The number of hydrogen-bond donors (Lipinski definition) is 0. The SMILES string of the molecule is CCOC(=O)C1=C(C)N=c2s/c(=C/c3cc(Br)c(N4CCCCC4)o3)c(=O)n2[C@@H]1c1cccs1. The third-order valence-electron chi connectivity index (χ3n) is 5.93. The van der Waals surface area contributed by atoms with Gasteiger partial charge in [0.15, 0.2) is 4.80 Å². The highest BCUT2D eigenvalue weighted by Crippen LogP contribution is 2.34. The van der Waals surface area contributed by atoms with Gasteiger partial charge < -0.3 is 14.1 Å². The van der Waals surface area contributed by atoms with Gasteiger partial charge in [-0.25, -0.2) is 9.79 Å². The number of hydrogen-bond acceptors (Lipinski definition) is 8. The van der Waals surface area contributed by atoms with Crippen molar-refractivity contribution >= 4 is 56.5 Å². The molecule has 34 heavy (non-hydrogen) atoms. The van der Waals surface area contributed by atoms with E-state index in [4.69, 9.17) is 9.15 Å². The van der Waals surface area contributed by atoms with E-state index in [0.29, 0.717) is 26.4 Å². The van der Waals surface area contributed by atoms with Crippen molar-refractivity contribution in [3.63, 3.8) is 0 Å². The number of ether oxygens (including phenoxy) is 1. The van der Waals surface area contributed by atoms with E-state index < -0.39 is 12.0 Å². The molecule has 0 bridgehead atoms. The minimum absolute atomic E-state index is 0.205. The van der Waals surface area contributed by atoms with Gasteiger partial charge >= 0.3 is 5.97 Å². The normalized spacial score (nSPS) is 18.7. The van der Waals surface area contributed by atoms with Crippen molar-refractivity contribution in [3.05, 3.63) is 69.6 Å². The Morgan fingerprint density at radius 2 is 2.15 bits per heavy atom. The lowest BCUT2D eigenvalue weighted by Crippen LogP contribution is -2.39. The Balaban J connectivity index is 1.61. The topological polar surface area (TPSA) is 77.0 Å². The standard InChI is InChI=1S/C24H24BrN3O4S2/c1-3-31-23(30)19-14(2)26-24-28(20(19)17-8-7-11-33-17)21(29)18(34-24)13-15-12-16(25)22(32-15)27-9-5-4-6-10-27/h7-8,11-13,20H,3-6,9-10H2,1-2H3/b18-13+/t20-/m1/s1. The lowest BCUT2D eigenvalue weighted by molar-refractivity contribution is -0.139. The number of furan rings is 1.